The molecule has 1 aromatic carbocycles. The number of methoxy groups -OCH3 is 1. The van der Waals surface area contributed by atoms with Gasteiger partial charge in [0.25, 0.3) is 0 Å². The molecule has 1 aliphatic carbocycles. The van der Waals surface area contributed by atoms with Crippen molar-refractivity contribution < 1.29 is 4.74 Å². The summed E-state index contributed by atoms with van der Waals surface area (Å²) >= 11 is 0. The number of fused-ring (bicyclic) bond motifs is 1. The lowest BCUT2D eigenvalue weighted by molar-refractivity contribution is 0.394. The highest BCUT2D eigenvalue weighted by Crippen LogP contribution is 2.42. The molecule has 82 valence electrons. The molecule has 2 unspecified atom stereocenters. The van der Waals surface area contributed by atoms with Gasteiger partial charge in [-0.15, -0.1) is 0 Å². The Morgan fingerprint density at radius 3 is 2.67 bits per heavy atom. The molecule has 1 aliphatic rings. The first-order valence-corrected chi connectivity index (χ1v) is 5.58. The van der Waals surface area contributed by atoms with Crippen LogP contribution >= 0.6 is 0 Å². The molecule has 2 N–H and O–H groups in total. The first kappa shape index (κ1) is 10.5. The minimum absolute atomic E-state index is 0.186. The fraction of sp³-hybridized carbons (Fsp3) is 0.538. The molecule has 0 saturated carbocycles. The highest BCUT2D eigenvalue weighted by atomic mass is 16.5. The van der Waals surface area contributed by atoms with Crippen molar-refractivity contribution in [2.75, 3.05) is 7.11 Å². The van der Waals surface area contributed by atoms with E-state index in [0.717, 1.165) is 18.6 Å². The van der Waals surface area contributed by atoms with Crippen LogP contribution in [-0.2, 0) is 0 Å². The third kappa shape index (κ3) is 1.63. The van der Waals surface area contributed by atoms with E-state index in [1.807, 2.05) is 0 Å². The summed E-state index contributed by atoms with van der Waals surface area (Å²) < 4.78 is 5.43. The van der Waals surface area contributed by atoms with E-state index in [4.69, 9.17) is 10.5 Å². The summed E-state index contributed by atoms with van der Waals surface area (Å²) in [7, 11) is 1.73. The zero-order valence-corrected chi connectivity index (χ0v) is 9.71. The topological polar surface area (TPSA) is 35.2 Å². The molecule has 0 aliphatic heterocycles. The van der Waals surface area contributed by atoms with Crippen molar-refractivity contribution in [1.82, 2.24) is 0 Å². The highest BCUT2D eigenvalue weighted by Gasteiger charge is 2.26. The highest BCUT2D eigenvalue weighted by molar-refractivity contribution is 5.49. The van der Waals surface area contributed by atoms with Gasteiger partial charge < -0.3 is 10.5 Å². The molecule has 0 bridgehead atoms. The third-order valence-corrected chi connectivity index (χ3v) is 3.46. The molecule has 0 heterocycles. The Labute approximate surface area is 91.4 Å². The second-order valence-corrected chi connectivity index (χ2v) is 4.50. The maximum Gasteiger partial charge on any atom is 0.122 e. The Morgan fingerprint density at radius 2 is 2.00 bits per heavy atom. The molecule has 0 amide bonds. The first-order valence-electron chi connectivity index (χ1n) is 5.58. The maximum absolute atomic E-state index is 6.18. The Hall–Kier alpha value is -1.02. The van der Waals surface area contributed by atoms with Gasteiger partial charge in [-0.25, -0.2) is 0 Å². The van der Waals surface area contributed by atoms with Crippen LogP contribution in [0.1, 0.15) is 48.4 Å². The molecule has 2 rings (SSSR count). The number of hydrogen-bond acceptors (Lipinski definition) is 2. The fourth-order valence-electron chi connectivity index (χ4n) is 2.62. The van der Waals surface area contributed by atoms with Crippen LogP contribution < -0.4 is 10.5 Å². The molecular formula is C13H19NO. The molecule has 1 aromatic rings. The second kappa shape index (κ2) is 3.86. The van der Waals surface area contributed by atoms with Gasteiger partial charge in [-0.2, -0.15) is 0 Å². The molecule has 15 heavy (non-hydrogen) atoms. The van der Waals surface area contributed by atoms with Gasteiger partial charge in [0.15, 0.2) is 0 Å². The Kier molecular flexibility index (Phi) is 2.70. The average molecular weight is 205 g/mol. The van der Waals surface area contributed by atoms with Crippen molar-refractivity contribution in [2.45, 2.75) is 38.6 Å². The third-order valence-electron chi connectivity index (χ3n) is 3.46. The van der Waals surface area contributed by atoms with Crippen LogP contribution in [0.2, 0.25) is 0 Å². The quantitative estimate of drug-likeness (QED) is 0.765. The summed E-state index contributed by atoms with van der Waals surface area (Å²) in [6.07, 6.45) is 2.25. The minimum Gasteiger partial charge on any atom is -0.496 e. The largest absolute Gasteiger partial charge is 0.496 e. The first-order chi connectivity index (χ1) is 7.15. The van der Waals surface area contributed by atoms with Crippen LogP contribution in [0, 0.1) is 6.92 Å². The van der Waals surface area contributed by atoms with E-state index in [2.05, 4.69) is 26.0 Å². The van der Waals surface area contributed by atoms with Crippen molar-refractivity contribution in [3.8, 4) is 5.75 Å². The van der Waals surface area contributed by atoms with Crippen LogP contribution in [0.15, 0.2) is 12.1 Å². The van der Waals surface area contributed by atoms with Gasteiger partial charge in [0.2, 0.25) is 0 Å². The summed E-state index contributed by atoms with van der Waals surface area (Å²) in [6, 6.07) is 4.35. The molecule has 0 aromatic heterocycles. The van der Waals surface area contributed by atoms with Crippen molar-refractivity contribution in [3.05, 3.63) is 28.8 Å². The smallest absolute Gasteiger partial charge is 0.122 e. The van der Waals surface area contributed by atoms with E-state index in [1.165, 1.54) is 16.7 Å². The zero-order valence-electron chi connectivity index (χ0n) is 9.71. The molecule has 0 fully saturated rings. The molecule has 0 radical (unpaired) electrons. The summed E-state index contributed by atoms with van der Waals surface area (Å²) in [5.74, 6) is 1.56. The second-order valence-electron chi connectivity index (χ2n) is 4.50. The van der Waals surface area contributed by atoms with E-state index < -0.39 is 0 Å². The van der Waals surface area contributed by atoms with Gasteiger partial charge in [0.1, 0.15) is 5.75 Å². The van der Waals surface area contributed by atoms with Crippen molar-refractivity contribution in [1.29, 1.82) is 0 Å². The molecular weight excluding hydrogens is 186 g/mol. The van der Waals surface area contributed by atoms with Gasteiger partial charge >= 0.3 is 0 Å². The summed E-state index contributed by atoms with van der Waals surface area (Å²) in [5.41, 5.74) is 10.1. The number of rotatable bonds is 1. The van der Waals surface area contributed by atoms with Gasteiger partial charge in [0, 0.05) is 11.6 Å². The standard InChI is InChI=1S/C13H19NO/c1-8-5-7-11(15-3)13-9(2)4-6-10(14)12(8)13/h5,7,9-10H,4,6,14H2,1-3H3. The number of ether oxygens (including phenoxy) is 1. The summed E-state index contributed by atoms with van der Waals surface area (Å²) in [5, 5.41) is 0. The maximum atomic E-state index is 6.18. The Bertz CT molecular complexity index is 373. The Balaban J connectivity index is 2.63. The lowest BCUT2D eigenvalue weighted by atomic mass is 9.79. The van der Waals surface area contributed by atoms with Crippen LogP contribution in [0.3, 0.4) is 0 Å². The van der Waals surface area contributed by atoms with E-state index in [-0.39, 0.29) is 6.04 Å². The monoisotopic (exact) mass is 205 g/mol. The van der Waals surface area contributed by atoms with E-state index in [1.54, 1.807) is 7.11 Å². The van der Waals surface area contributed by atoms with Crippen LogP contribution in [-0.4, -0.2) is 7.11 Å². The molecule has 2 heteroatoms. The summed E-state index contributed by atoms with van der Waals surface area (Å²) in [6.45, 7) is 4.39. The van der Waals surface area contributed by atoms with Crippen LogP contribution in [0.5, 0.6) is 5.75 Å². The molecule has 2 nitrogen and oxygen atoms in total. The average Bonchev–Trinajstić information content (AvgIpc) is 2.23. The number of nitrogens with two attached hydrogens (primary N) is 1. The lowest BCUT2D eigenvalue weighted by Crippen LogP contribution is -2.21. The predicted molar refractivity (Wildman–Crippen MR) is 62.3 cm³/mol. The predicted octanol–water partition coefficient (Wildman–Crippen LogP) is 2.90. The molecule has 2 atom stereocenters. The van der Waals surface area contributed by atoms with E-state index >= 15 is 0 Å². The fourth-order valence-corrected chi connectivity index (χ4v) is 2.62. The molecule has 0 spiro atoms. The SMILES string of the molecule is COc1ccc(C)c2c1C(C)CCC2N. The van der Waals surface area contributed by atoms with Gasteiger partial charge in [-0.3, -0.25) is 0 Å². The zero-order chi connectivity index (χ0) is 11.0. The van der Waals surface area contributed by atoms with Crippen LogP contribution in [0.4, 0.5) is 0 Å². The van der Waals surface area contributed by atoms with E-state index in [9.17, 15) is 0 Å². The number of benzene rings is 1. The van der Waals surface area contributed by atoms with Crippen molar-refractivity contribution in [3.63, 3.8) is 0 Å². The lowest BCUT2D eigenvalue weighted by Gasteiger charge is -2.30. The minimum atomic E-state index is 0.186. The van der Waals surface area contributed by atoms with Crippen molar-refractivity contribution in [2.24, 2.45) is 5.73 Å². The molecule has 0 saturated heterocycles. The number of aryl methyl sites for hydroxylation is 1. The Morgan fingerprint density at radius 1 is 1.27 bits per heavy atom. The van der Waals surface area contributed by atoms with Gasteiger partial charge in [0.05, 0.1) is 7.11 Å². The number of hydrogen-bond donors (Lipinski definition) is 1. The van der Waals surface area contributed by atoms with E-state index in [0.29, 0.717) is 5.92 Å². The normalized spacial score (nSPS) is 24.8. The van der Waals surface area contributed by atoms with Crippen LogP contribution in [0.25, 0.3) is 0 Å². The van der Waals surface area contributed by atoms with Gasteiger partial charge in [-0.1, -0.05) is 13.0 Å². The van der Waals surface area contributed by atoms with Gasteiger partial charge in [-0.05, 0) is 42.9 Å². The van der Waals surface area contributed by atoms with Crippen molar-refractivity contribution >= 4 is 0 Å². The summed E-state index contributed by atoms with van der Waals surface area (Å²) in [4.78, 5) is 0.